The molecule has 0 spiro atoms. The minimum Gasteiger partial charge on any atom is -0.330 e. The summed E-state index contributed by atoms with van der Waals surface area (Å²) in [7, 11) is 0. The lowest BCUT2D eigenvalue weighted by Gasteiger charge is -2.16. The van der Waals surface area contributed by atoms with Crippen LogP contribution in [0.25, 0.3) is 0 Å². The van der Waals surface area contributed by atoms with Gasteiger partial charge in [0.05, 0.1) is 0 Å². The lowest BCUT2D eigenvalue weighted by atomic mass is 9.89. The number of hydrogen-bond donors (Lipinski definition) is 1. The van der Waals surface area contributed by atoms with Gasteiger partial charge in [-0.3, -0.25) is 4.79 Å². The molecule has 0 aliphatic heterocycles. The summed E-state index contributed by atoms with van der Waals surface area (Å²) in [5.41, 5.74) is 7.74. The van der Waals surface area contributed by atoms with Gasteiger partial charge < -0.3 is 5.73 Å². The molecule has 2 N–H and O–H groups in total. The van der Waals surface area contributed by atoms with Crippen LogP contribution in [0.3, 0.4) is 0 Å². The van der Waals surface area contributed by atoms with Gasteiger partial charge in [-0.1, -0.05) is 45.0 Å². The largest absolute Gasteiger partial charge is 0.330 e. The van der Waals surface area contributed by atoms with Crippen LogP contribution >= 0.6 is 0 Å². The fourth-order valence-corrected chi connectivity index (χ4v) is 2.02. The summed E-state index contributed by atoms with van der Waals surface area (Å²) in [6, 6.07) is 7.89. The second-order valence-corrected chi connectivity index (χ2v) is 4.98. The molecule has 0 fully saturated rings. The highest BCUT2D eigenvalue weighted by Crippen LogP contribution is 2.17. The van der Waals surface area contributed by atoms with Gasteiger partial charge >= 0.3 is 0 Å². The number of hydrogen-bond acceptors (Lipinski definition) is 2. The van der Waals surface area contributed by atoms with Gasteiger partial charge in [-0.05, 0) is 24.3 Å². The Morgan fingerprint density at radius 3 is 2.24 bits per heavy atom. The SMILES string of the molecule is CCc1ccc(C(=O)C(CN)CC(C)C)cc1. The van der Waals surface area contributed by atoms with Gasteiger partial charge in [-0.25, -0.2) is 0 Å². The summed E-state index contributed by atoms with van der Waals surface area (Å²) < 4.78 is 0. The zero-order valence-corrected chi connectivity index (χ0v) is 11.1. The van der Waals surface area contributed by atoms with Crippen LogP contribution in [0.2, 0.25) is 0 Å². The van der Waals surface area contributed by atoms with Crippen molar-refractivity contribution in [1.82, 2.24) is 0 Å². The van der Waals surface area contributed by atoms with Gasteiger partial charge in [0.15, 0.2) is 5.78 Å². The maximum Gasteiger partial charge on any atom is 0.167 e. The number of nitrogens with two attached hydrogens (primary N) is 1. The molecule has 0 heterocycles. The number of benzene rings is 1. The normalized spacial score (nSPS) is 12.8. The highest BCUT2D eigenvalue weighted by molar-refractivity contribution is 5.98. The lowest BCUT2D eigenvalue weighted by molar-refractivity contribution is 0.0909. The van der Waals surface area contributed by atoms with E-state index in [1.807, 2.05) is 24.3 Å². The van der Waals surface area contributed by atoms with Crippen molar-refractivity contribution in [2.45, 2.75) is 33.6 Å². The lowest BCUT2D eigenvalue weighted by Crippen LogP contribution is -2.25. The van der Waals surface area contributed by atoms with Crippen LogP contribution in [0.5, 0.6) is 0 Å². The first-order valence-electron chi connectivity index (χ1n) is 6.41. The number of ketones is 1. The highest BCUT2D eigenvalue weighted by atomic mass is 16.1. The summed E-state index contributed by atoms with van der Waals surface area (Å²) in [4.78, 5) is 12.2. The number of carbonyl (C=O) groups is 1. The molecule has 17 heavy (non-hydrogen) atoms. The number of aryl methyl sites for hydroxylation is 1. The third kappa shape index (κ3) is 3.97. The quantitative estimate of drug-likeness (QED) is 0.767. The first kappa shape index (κ1) is 13.9. The first-order chi connectivity index (χ1) is 8.08. The molecule has 0 amide bonds. The van der Waals surface area contributed by atoms with Crippen molar-refractivity contribution in [2.75, 3.05) is 6.54 Å². The van der Waals surface area contributed by atoms with E-state index in [1.165, 1.54) is 5.56 Å². The van der Waals surface area contributed by atoms with Gasteiger partial charge in [-0.2, -0.15) is 0 Å². The van der Waals surface area contributed by atoms with Crippen LogP contribution < -0.4 is 5.73 Å². The topological polar surface area (TPSA) is 43.1 Å². The van der Waals surface area contributed by atoms with Crippen LogP contribution in [0, 0.1) is 11.8 Å². The average Bonchev–Trinajstić information content (AvgIpc) is 2.35. The summed E-state index contributed by atoms with van der Waals surface area (Å²) in [6.45, 7) is 6.79. The van der Waals surface area contributed by atoms with Crippen LogP contribution in [-0.4, -0.2) is 12.3 Å². The molecule has 1 unspecified atom stereocenters. The third-order valence-electron chi connectivity index (χ3n) is 3.06. The number of carbonyl (C=O) groups excluding carboxylic acids is 1. The van der Waals surface area contributed by atoms with E-state index < -0.39 is 0 Å². The second-order valence-electron chi connectivity index (χ2n) is 4.98. The number of Topliss-reactive ketones (excluding diaryl/α,β-unsaturated/α-hetero) is 1. The van der Waals surface area contributed by atoms with E-state index in [4.69, 9.17) is 5.73 Å². The van der Waals surface area contributed by atoms with Gasteiger partial charge in [-0.15, -0.1) is 0 Å². The Hall–Kier alpha value is -1.15. The van der Waals surface area contributed by atoms with Crippen LogP contribution in [-0.2, 0) is 6.42 Å². The molecule has 0 aromatic heterocycles. The molecule has 2 heteroatoms. The molecular weight excluding hydrogens is 210 g/mol. The average molecular weight is 233 g/mol. The molecule has 0 saturated carbocycles. The smallest absolute Gasteiger partial charge is 0.167 e. The summed E-state index contributed by atoms with van der Waals surface area (Å²) in [6.07, 6.45) is 1.87. The maximum atomic E-state index is 12.2. The standard InChI is InChI=1S/C15H23NO/c1-4-12-5-7-13(8-6-12)15(17)14(10-16)9-11(2)3/h5-8,11,14H,4,9-10,16H2,1-3H3. The zero-order valence-electron chi connectivity index (χ0n) is 11.1. The monoisotopic (exact) mass is 233 g/mol. The van der Waals surface area contributed by atoms with Gasteiger partial charge in [0.2, 0.25) is 0 Å². The Morgan fingerprint density at radius 2 is 1.82 bits per heavy atom. The molecule has 0 saturated heterocycles. The minimum absolute atomic E-state index is 0.0394. The Morgan fingerprint density at radius 1 is 1.24 bits per heavy atom. The predicted molar refractivity (Wildman–Crippen MR) is 72.1 cm³/mol. The fourth-order valence-electron chi connectivity index (χ4n) is 2.02. The van der Waals surface area contributed by atoms with Crippen molar-refractivity contribution in [3.8, 4) is 0 Å². The van der Waals surface area contributed by atoms with Crippen LogP contribution in [0.4, 0.5) is 0 Å². The molecule has 0 radical (unpaired) electrons. The molecule has 1 aromatic carbocycles. The zero-order chi connectivity index (χ0) is 12.8. The molecule has 1 atom stereocenters. The predicted octanol–water partition coefficient (Wildman–Crippen LogP) is 3.05. The maximum absolute atomic E-state index is 12.2. The van der Waals surface area contributed by atoms with E-state index in [1.54, 1.807) is 0 Å². The van der Waals surface area contributed by atoms with Gasteiger partial charge in [0.1, 0.15) is 0 Å². The van der Waals surface area contributed by atoms with Crippen LogP contribution in [0.1, 0.15) is 43.1 Å². The summed E-state index contributed by atoms with van der Waals surface area (Å²) in [5.74, 6) is 0.647. The van der Waals surface area contributed by atoms with Crippen molar-refractivity contribution in [3.63, 3.8) is 0 Å². The Balaban J connectivity index is 2.78. The molecular formula is C15H23NO. The molecule has 1 aromatic rings. The highest BCUT2D eigenvalue weighted by Gasteiger charge is 2.19. The summed E-state index contributed by atoms with van der Waals surface area (Å²) >= 11 is 0. The summed E-state index contributed by atoms with van der Waals surface area (Å²) in [5, 5.41) is 0. The molecule has 1 rings (SSSR count). The van der Waals surface area contributed by atoms with E-state index in [-0.39, 0.29) is 11.7 Å². The van der Waals surface area contributed by atoms with E-state index >= 15 is 0 Å². The molecule has 94 valence electrons. The van der Waals surface area contributed by atoms with E-state index in [0.717, 1.165) is 18.4 Å². The van der Waals surface area contributed by atoms with Crippen molar-refractivity contribution in [2.24, 2.45) is 17.6 Å². The first-order valence-corrected chi connectivity index (χ1v) is 6.41. The Kier molecular flexibility index (Phi) is 5.36. The van der Waals surface area contributed by atoms with Gasteiger partial charge in [0, 0.05) is 18.0 Å². The van der Waals surface area contributed by atoms with E-state index in [2.05, 4.69) is 20.8 Å². The fraction of sp³-hybridized carbons (Fsp3) is 0.533. The molecule has 0 bridgehead atoms. The van der Waals surface area contributed by atoms with Crippen molar-refractivity contribution in [3.05, 3.63) is 35.4 Å². The second kappa shape index (κ2) is 6.55. The Bertz CT molecular complexity index is 354. The molecule has 0 aliphatic carbocycles. The number of rotatable bonds is 6. The third-order valence-corrected chi connectivity index (χ3v) is 3.06. The van der Waals surface area contributed by atoms with Crippen molar-refractivity contribution >= 4 is 5.78 Å². The van der Waals surface area contributed by atoms with Crippen molar-refractivity contribution < 1.29 is 4.79 Å². The van der Waals surface area contributed by atoms with Crippen molar-refractivity contribution in [1.29, 1.82) is 0 Å². The molecule has 0 aliphatic rings. The Labute approximate surface area is 104 Å². The minimum atomic E-state index is -0.0394. The molecule has 2 nitrogen and oxygen atoms in total. The van der Waals surface area contributed by atoms with Gasteiger partial charge in [0.25, 0.3) is 0 Å². The van der Waals surface area contributed by atoms with E-state index in [0.29, 0.717) is 12.5 Å². The van der Waals surface area contributed by atoms with E-state index in [9.17, 15) is 4.79 Å². The van der Waals surface area contributed by atoms with Crippen LogP contribution in [0.15, 0.2) is 24.3 Å².